The van der Waals surface area contributed by atoms with Gasteiger partial charge in [-0.15, -0.1) is 0 Å². The van der Waals surface area contributed by atoms with Crippen molar-refractivity contribution in [3.8, 4) is 11.5 Å². The van der Waals surface area contributed by atoms with E-state index in [0.29, 0.717) is 45.3 Å². The molecule has 0 saturated carbocycles. The molecule has 31 heavy (non-hydrogen) atoms. The summed E-state index contributed by atoms with van der Waals surface area (Å²) >= 11 is 17.7. The van der Waals surface area contributed by atoms with Crippen LogP contribution in [-0.4, -0.2) is 18.7 Å². The minimum atomic E-state index is -0.400. The van der Waals surface area contributed by atoms with E-state index in [1.165, 1.54) is 12.3 Å². The van der Waals surface area contributed by atoms with Crippen LogP contribution in [0, 0.1) is 0 Å². The molecule has 1 amide bonds. The van der Waals surface area contributed by atoms with E-state index in [1.54, 1.807) is 24.3 Å². The van der Waals surface area contributed by atoms with Crippen molar-refractivity contribution in [2.75, 3.05) is 6.61 Å². The Balaban J connectivity index is 1.65. The van der Waals surface area contributed by atoms with Crippen molar-refractivity contribution in [2.45, 2.75) is 13.5 Å². The van der Waals surface area contributed by atoms with Crippen LogP contribution in [0.2, 0.25) is 15.1 Å². The normalized spacial score (nSPS) is 10.8. The molecule has 0 aliphatic heterocycles. The molecular weight excluding hydrogens is 459 g/mol. The summed E-state index contributed by atoms with van der Waals surface area (Å²) in [5.41, 5.74) is 4.53. The molecule has 5 nitrogen and oxygen atoms in total. The van der Waals surface area contributed by atoms with Crippen molar-refractivity contribution >= 4 is 46.9 Å². The molecule has 0 fully saturated rings. The highest BCUT2D eigenvalue weighted by atomic mass is 35.5. The summed E-state index contributed by atoms with van der Waals surface area (Å²) in [6.45, 7) is 2.75. The van der Waals surface area contributed by atoms with E-state index < -0.39 is 5.91 Å². The first-order valence-corrected chi connectivity index (χ1v) is 10.5. The molecule has 0 aromatic heterocycles. The highest BCUT2D eigenvalue weighted by molar-refractivity contribution is 6.42. The number of hydrogen-bond acceptors (Lipinski definition) is 4. The van der Waals surface area contributed by atoms with Gasteiger partial charge in [-0.1, -0.05) is 46.9 Å². The molecule has 0 aliphatic carbocycles. The molecule has 0 radical (unpaired) electrons. The van der Waals surface area contributed by atoms with Crippen molar-refractivity contribution in [1.82, 2.24) is 5.43 Å². The maximum atomic E-state index is 12.2. The molecule has 0 unspecified atom stereocenters. The third-order valence-electron chi connectivity index (χ3n) is 4.14. The van der Waals surface area contributed by atoms with Gasteiger partial charge >= 0.3 is 0 Å². The minimum Gasteiger partial charge on any atom is -0.490 e. The van der Waals surface area contributed by atoms with Crippen molar-refractivity contribution in [3.63, 3.8) is 0 Å². The highest BCUT2D eigenvalue weighted by Gasteiger charge is 2.08. The van der Waals surface area contributed by atoms with Crippen LogP contribution in [-0.2, 0) is 6.61 Å². The van der Waals surface area contributed by atoms with Crippen LogP contribution < -0.4 is 14.9 Å². The second kappa shape index (κ2) is 11.0. The third-order valence-corrected chi connectivity index (χ3v) is 5.13. The van der Waals surface area contributed by atoms with E-state index in [0.717, 1.165) is 11.1 Å². The molecule has 0 spiro atoms. The smallest absolute Gasteiger partial charge is 0.271 e. The summed E-state index contributed by atoms with van der Waals surface area (Å²) in [6, 6.07) is 17.4. The van der Waals surface area contributed by atoms with Crippen molar-refractivity contribution in [2.24, 2.45) is 5.10 Å². The Bertz CT molecular complexity index is 1090. The molecule has 0 bridgehead atoms. The Morgan fingerprint density at radius 2 is 1.71 bits per heavy atom. The number of benzene rings is 3. The first-order chi connectivity index (χ1) is 15.0. The summed E-state index contributed by atoms with van der Waals surface area (Å²) in [4.78, 5) is 12.2. The van der Waals surface area contributed by atoms with Gasteiger partial charge in [0.2, 0.25) is 0 Å². The molecule has 0 aliphatic rings. The van der Waals surface area contributed by atoms with Gasteiger partial charge in [0.15, 0.2) is 11.5 Å². The fourth-order valence-electron chi connectivity index (χ4n) is 2.60. The van der Waals surface area contributed by atoms with Gasteiger partial charge in [0.25, 0.3) is 5.91 Å². The number of halogens is 3. The minimum absolute atomic E-state index is 0.300. The van der Waals surface area contributed by atoms with Crippen LogP contribution in [0.3, 0.4) is 0 Å². The zero-order valence-electron chi connectivity index (χ0n) is 16.6. The summed E-state index contributed by atoms with van der Waals surface area (Å²) in [7, 11) is 0. The Labute approximate surface area is 195 Å². The van der Waals surface area contributed by atoms with Crippen molar-refractivity contribution in [1.29, 1.82) is 0 Å². The van der Waals surface area contributed by atoms with Crippen LogP contribution in [0.25, 0.3) is 0 Å². The van der Waals surface area contributed by atoms with E-state index in [-0.39, 0.29) is 0 Å². The molecule has 8 heteroatoms. The number of hydrazone groups is 1. The second-order valence-electron chi connectivity index (χ2n) is 6.38. The molecular formula is C23H19Cl3N2O3. The first-order valence-electron chi connectivity index (χ1n) is 9.39. The number of carbonyl (C=O) groups excluding carboxylic acids is 1. The molecule has 160 valence electrons. The van der Waals surface area contributed by atoms with Crippen LogP contribution in [0.5, 0.6) is 11.5 Å². The van der Waals surface area contributed by atoms with Gasteiger partial charge in [-0.2, -0.15) is 5.10 Å². The van der Waals surface area contributed by atoms with Crippen LogP contribution >= 0.6 is 34.8 Å². The van der Waals surface area contributed by atoms with Crippen molar-refractivity contribution in [3.05, 3.63) is 92.4 Å². The topological polar surface area (TPSA) is 59.9 Å². The predicted molar refractivity (Wildman–Crippen MR) is 125 cm³/mol. The van der Waals surface area contributed by atoms with E-state index in [2.05, 4.69) is 10.5 Å². The monoisotopic (exact) mass is 476 g/mol. The third kappa shape index (κ3) is 6.62. The van der Waals surface area contributed by atoms with E-state index in [9.17, 15) is 4.79 Å². The van der Waals surface area contributed by atoms with E-state index >= 15 is 0 Å². The lowest BCUT2D eigenvalue weighted by Crippen LogP contribution is -2.17. The number of amides is 1. The Hall–Kier alpha value is -2.73. The lowest BCUT2D eigenvalue weighted by molar-refractivity contribution is 0.0955. The van der Waals surface area contributed by atoms with Crippen LogP contribution in [0.4, 0.5) is 0 Å². The maximum absolute atomic E-state index is 12.2. The molecule has 3 aromatic rings. The quantitative estimate of drug-likeness (QED) is 0.302. The maximum Gasteiger partial charge on any atom is 0.271 e. The highest BCUT2D eigenvalue weighted by Crippen LogP contribution is 2.29. The average Bonchev–Trinajstić information content (AvgIpc) is 2.76. The number of ether oxygens (including phenoxy) is 2. The average molecular weight is 478 g/mol. The number of hydrogen-bond donors (Lipinski definition) is 1. The molecule has 3 aromatic carbocycles. The number of nitrogens with zero attached hydrogens (tertiary/aromatic N) is 1. The van der Waals surface area contributed by atoms with Gasteiger partial charge < -0.3 is 9.47 Å². The van der Waals surface area contributed by atoms with Crippen molar-refractivity contribution < 1.29 is 14.3 Å². The molecule has 0 heterocycles. The van der Waals surface area contributed by atoms with Crippen LogP contribution in [0.1, 0.15) is 28.4 Å². The van der Waals surface area contributed by atoms with Gasteiger partial charge in [-0.05, 0) is 66.6 Å². The summed E-state index contributed by atoms with van der Waals surface area (Å²) in [6.07, 6.45) is 1.51. The van der Waals surface area contributed by atoms with E-state index in [4.69, 9.17) is 44.3 Å². The fourth-order valence-corrected chi connectivity index (χ4v) is 3.03. The Morgan fingerprint density at radius 3 is 2.42 bits per heavy atom. The summed E-state index contributed by atoms with van der Waals surface area (Å²) < 4.78 is 11.6. The SMILES string of the molecule is CCOc1cc(C=NNC(=O)c2ccc(Cl)c(Cl)c2)ccc1OCc1ccc(Cl)cc1. The number of nitrogens with one attached hydrogen (secondary N) is 1. The van der Waals surface area contributed by atoms with Crippen LogP contribution in [0.15, 0.2) is 65.8 Å². The van der Waals surface area contributed by atoms with Gasteiger partial charge in [-0.3, -0.25) is 4.79 Å². The van der Waals surface area contributed by atoms with E-state index in [1.807, 2.05) is 37.3 Å². The second-order valence-corrected chi connectivity index (χ2v) is 7.63. The molecule has 0 atom stereocenters. The van der Waals surface area contributed by atoms with Gasteiger partial charge in [0.1, 0.15) is 6.61 Å². The summed E-state index contributed by atoms with van der Waals surface area (Å²) in [5.74, 6) is 0.785. The molecule has 3 rings (SSSR count). The fraction of sp³-hybridized carbons (Fsp3) is 0.130. The molecule has 0 saturated heterocycles. The lowest BCUT2D eigenvalue weighted by atomic mass is 10.2. The first kappa shape index (κ1) is 22.9. The number of rotatable bonds is 8. The molecule has 1 N–H and O–H groups in total. The predicted octanol–water partition coefficient (Wildman–Crippen LogP) is 6.39. The lowest BCUT2D eigenvalue weighted by Gasteiger charge is -2.12. The zero-order valence-corrected chi connectivity index (χ0v) is 18.8. The largest absolute Gasteiger partial charge is 0.490 e. The van der Waals surface area contributed by atoms with Gasteiger partial charge in [0, 0.05) is 10.6 Å². The summed E-state index contributed by atoms with van der Waals surface area (Å²) in [5, 5.41) is 5.35. The zero-order chi connectivity index (χ0) is 22.2. The Morgan fingerprint density at radius 1 is 0.935 bits per heavy atom. The van der Waals surface area contributed by atoms with Gasteiger partial charge in [-0.25, -0.2) is 5.43 Å². The van der Waals surface area contributed by atoms with Gasteiger partial charge in [0.05, 0.1) is 22.9 Å². The number of carbonyl (C=O) groups is 1. The Kier molecular flexibility index (Phi) is 8.18. The standard InChI is InChI=1S/C23H19Cl3N2O3/c1-2-30-22-11-16(5-10-21(22)31-14-15-3-7-18(24)8-4-15)13-27-28-23(29)17-6-9-19(25)20(26)12-17/h3-13H,2,14H2,1H3,(H,28,29).